The van der Waals surface area contributed by atoms with Crippen molar-refractivity contribution in [2.45, 2.75) is 6.61 Å². The molecular formula is C13H8BrNO4. The Hall–Kier alpha value is -2.26. The molecule has 0 saturated heterocycles. The number of carbonyl (C=O) groups is 1. The summed E-state index contributed by atoms with van der Waals surface area (Å²) in [5, 5.41) is 17.7. The number of furan rings is 1. The Balaban J connectivity index is 2.10. The first-order valence-corrected chi connectivity index (χ1v) is 6.02. The number of nitriles is 1. The van der Waals surface area contributed by atoms with Gasteiger partial charge in [0.05, 0.1) is 11.1 Å². The minimum atomic E-state index is -1.06. The zero-order chi connectivity index (χ0) is 13.8. The molecule has 2 rings (SSSR count). The van der Waals surface area contributed by atoms with Gasteiger partial charge in [-0.15, -0.1) is 0 Å². The van der Waals surface area contributed by atoms with Gasteiger partial charge in [-0.05, 0) is 24.3 Å². The number of nitrogens with zero attached hydrogens (tertiary/aromatic N) is 1. The van der Waals surface area contributed by atoms with Crippen LogP contribution in [0, 0.1) is 11.3 Å². The molecule has 19 heavy (non-hydrogen) atoms. The van der Waals surface area contributed by atoms with E-state index in [0.29, 0.717) is 17.1 Å². The normalized spacial score (nSPS) is 9.89. The molecule has 1 aromatic heterocycles. The van der Waals surface area contributed by atoms with Crippen molar-refractivity contribution >= 4 is 21.9 Å². The van der Waals surface area contributed by atoms with Gasteiger partial charge in [-0.1, -0.05) is 15.9 Å². The summed E-state index contributed by atoms with van der Waals surface area (Å²) in [6.07, 6.45) is 1.15. The van der Waals surface area contributed by atoms with Gasteiger partial charge in [0, 0.05) is 4.47 Å². The minimum Gasteiger partial charge on any atom is -0.484 e. The fourth-order valence-corrected chi connectivity index (χ4v) is 1.79. The lowest BCUT2D eigenvalue weighted by molar-refractivity contribution is 0.0696. The molecule has 1 N–H and O–H groups in total. The number of ether oxygens (including phenoxy) is 1. The summed E-state index contributed by atoms with van der Waals surface area (Å²) in [4.78, 5) is 10.7. The minimum absolute atomic E-state index is 0.0591. The van der Waals surface area contributed by atoms with Crippen molar-refractivity contribution in [3.63, 3.8) is 0 Å². The van der Waals surface area contributed by atoms with Crippen molar-refractivity contribution in [2.24, 2.45) is 0 Å². The summed E-state index contributed by atoms with van der Waals surface area (Å²) >= 11 is 3.26. The van der Waals surface area contributed by atoms with E-state index in [1.807, 2.05) is 6.07 Å². The Morgan fingerprint density at radius 2 is 2.26 bits per heavy atom. The molecule has 1 heterocycles. The van der Waals surface area contributed by atoms with Crippen molar-refractivity contribution in [1.82, 2.24) is 0 Å². The molecule has 96 valence electrons. The number of hydrogen-bond acceptors (Lipinski definition) is 4. The lowest BCUT2D eigenvalue weighted by Gasteiger charge is -2.06. The van der Waals surface area contributed by atoms with Gasteiger partial charge in [0.1, 0.15) is 30.4 Å². The molecular weight excluding hydrogens is 314 g/mol. The molecule has 0 aliphatic carbocycles. The zero-order valence-corrected chi connectivity index (χ0v) is 11.2. The summed E-state index contributed by atoms with van der Waals surface area (Å²) in [5.74, 6) is -0.264. The molecule has 0 amide bonds. The van der Waals surface area contributed by atoms with Crippen LogP contribution in [0.5, 0.6) is 5.75 Å². The van der Waals surface area contributed by atoms with Crippen molar-refractivity contribution in [3.8, 4) is 11.8 Å². The fourth-order valence-electron chi connectivity index (χ4n) is 1.43. The monoisotopic (exact) mass is 321 g/mol. The van der Waals surface area contributed by atoms with Crippen LogP contribution in [0.3, 0.4) is 0 Å². The number of benzene rings is 1. The third-order valence-corrected chi connectivity index (χ3v) is 2.83. The zero-order valence-electron chi connectivity index (χ0n) is 9.59. The van der Waals surface area contributed by atoms with Crippen LogP contribution in [0.4, 0.5) is 0 Å². The molecule has 1 aromatic carbocycles. The van der Waals surface area contributed by atoms with E-state index in [2.05, 4.69) is 15.9 Å². The maximum atomic E-state index is 10.7. The predicted octanol–water partition coefficient (Wildman–Crippen LogP) is 3.19. The van der Waals surface area contributed by atoms with Crippen LogP contribution in [0.15, 0.2) is 39.4 Å². The SMILES string of the molecule is N#Cc1cc(Br)ccc1OCc1cc(C(=O)O)co1. The van der Waals surface area contributed by atoms with E-state index in [1.54, 1.807) is 18.2 Å². The highest BCUT2D eigenvalue weighted by Gasteiger charge is 2.10. The van der Waals surface area contributed by atoms with Crippen LogP contribution < -0.4 is 4.74 Å². The molecule has 0 atom stereocenters. The van der Waals surface area contributed by atoms with Crippen molar-refractivity contribution < 1.29 is 19.1 Å². The average Bonchev–Trinajstić information content (AvgIpc) is 2.86. The molecule has 0 saturated carbocycles. The molecule has 0 aliphatic heterocycles. The van der Waals surface area contributed by atoms with Crippen LogP contribution in [0.1, 0.15) is 21.7 Å². The molecule has 0 radical (unpaired) electrons. The first-order valence-electron chi connectivity index (χ1n) is 5.23. The number of rotatable bonds is 4. The highest BCUT2D eigenvalue weighted by Crippen LogP contribution is 2.23. The predicted molar refractivity (Wildman–Crippen MR) is 68.9 cm³/mol. The Bertz CT molecular complexity index is 657. The number of carboxylic acid groups (broad SMARTS) is 1. The third kappa shape index (κ3) is 3.14. The fraction of sp³-hybridized carbons (Fsp3) is 0.0769. The van der Waals surface area contributed by atoms with E-state index < -0.39 is 5.97 Å². The lowest BCUT2D eigenvalue weighted by atomic mass is 10.2. The van der Waals surface area contributed by atoms with Crippen LogP contribution in [-0.2, 0) is 6.61 Å². The van der Waals surface area contributed by atoms with Gasteiger partial charge < -0.3 is 14.3 Å². The van der Waals surface area contributed by atoms with Gasteiger partial charge in [0.15, 0.2) is 0 Å². The number of carboxylic acids is 1. The Kier molecular flexibility index (Phi) is 3.88. The van der Waals surface area contributed by atoms with E-state index >= 15 is 0 Å². The first kappa shape index (κ1) is 13.2. The van der Waals surface area contributed by atoms with E-state index in [9.17, 15) is 4.79 Å². The van der Waals surface area contributed by atoms with Crippen LogP contribution in [0.2, 0.25) is 0 Å². The summed E-state index contributed by atoms with van der Waals surface area (Å²) in [6, 6.07) is 8.45. The second-order valence-corrected chi connectivity index (χ2v) is 4.56. The summed E-state index contributed by atoms with van der Waals surface area (Å²) in [5.41, 5.74) is 0.453. The molecule has 0 spiro atoms. The highest BCUT2D eigenvalue weighted by molar-refractivity contribution is 9.10. The maximum absolute atomic E-state index is 10.7. The number of hydrogen-bond donors (Lipinski definition) is 1. The smallest absolute Gasteiger partial charge is 0.338 e. The number of aromatic carboxylic acids is 1. The summed E-state index contributed by atoms with van der Waals surface area (Å²) in [6.45, 7) is 0.0591. The van der Waals surface area contributed by atoms with E-state index in [0.717, 1.165) is 10.7 Å². The van der Waals surface area contributed by atoms with Gasteiger partial charge in [-0.3, -0.25) is 0 Å². The Labute approximate surface area is 117 Å². The number of halogens is 1. The molecule has 0 unspecified atom stereocenters. The van der Waals surface area contributed by atoms with Crippen molar-refractivity contribution in [2.75, 3.05) is 0 Å². The largest absolute Gasteiger partial charge is 0.484 e. The highest BCUT2D eigenvalue weighted by atomic mass is 79.9. The Morgan fingerprint density at radius 3 is 2.89 bits per heavy atom. The average molecular weight is 322 g/mol. The summed E-state index contributed by atoms with van der Waals surface area (Å²) in [7, 11) is 0. The second-order valence-electron chi connectivity index (χ2n) is 3.65. The van der Waals surface area contributed by atoms with Gasteiger partial charge >= 0.3 is 5.97 Å². The van der Waals surface area contributed by atoms with Crippen molar-refractivity contribution in [3.05, 3.63) is 51.9 Å². The van der Waals surface area contributed by atoms with E-state index in [4.69, 9.17) is 19.5 Å². The molecule has 6 heteroatoms. The summed E-state index contributed by atoms with van der Waals surface area (Å²) < 4.78 is 11.3. The topological polar surface area (TPSA) is 83.5 Å². The van der Waals surface area contributed by atoms with Crippen LogP contribution in [-0.4, -0.2) is 11.1 Å². The standard InChI is InChI=1S/C13H8BrNO4/c14-10-1-2-12(8(3-10)5-15)19-7-11-4-9(6-18-11)13(16)17/h1-4,6H,7H2,(H,16,17). The third-order valence-electron chi connectivity index (χ3n) is 2.33. The van der Waals surface area contributed by atoms with Gasteiger partial charge in [0.25, 0.3) is 0 Å². The van der Waals surface area contributed by atoms with Gasteiger partial charge in [0.2, 0.25) is 0 Å². The van der Waals surface area contributed by atoms with Gasteiger partial charge in [-0.2, -0.15) is 5.26 Å². The van der Waals surface area contributed by atoms with Gasteiger partial charge in [-0.25, -0.2) is 4.79 Å². The lowest BCUT2D eigenvalue weighted by Crippen LogP contribution is -1.97. The van der Waals surface area contributed by atoms with Crippen LogP contribution >= 0.6 is 15.9 Å². The van der Waals surface area contributed by atoms with E-state index in [1.165, 1.54) is 6.07 Å². The first-order chi connectivity index (χ1) is 9.10. The van der Waals surface area contributed by atoms with E-state index in [-0.39, 0.29) is 12.2 Å². The van der Waals surface area contributed by atoms with Crippen LogP contribution in [0.25, 0.3) is 0 Å². The van der Waals surface area contributed by atoms with Crippen molar-refractivity contribution in [1.29, 1.82) is 5.26 Å². The molecule has 5 nitrogen and oxygen atoms in total. The molecule has 0 fully saturated rings. The second kappa shape index (κ2) is 5.59. The molecule has 0 bridgehead atoms. The maximum Gasteiger partial charge on any atom is 0.338 e. The quantitative estimate of drug-likeness (QED) is 0.934. The molecule has 0 aliphatic rings. The molecule has 2 aromatic rings. The Morgan fingerprint density at radius 1 is 1.47 bits per heavy atom.